The van der Waals surface area contributed by atoms with Crippen molar-refractivity contribution in [3.05, 3.63) is 30.6 Å². The number of hydrogen-bond acceptors (Lipinski definition) is 2. The van der Waals surface area contributed by atoms with Crippen LogP contribution in [0, 0.1) is 11.8 Å². The minimum Gasteiger partial charge on any atom is -0.342 e. The van der Waals surface area contributed by atoms with Crippen molar-refractivity contribution in [3.63, 3.8) is 0 Å². The van der Waals surface area contributed by atoms with E-state index in [2.05, 4.69) is 32.7 Å². The van der Waals surface area contributed by atoms with Crippen molar-refractivity contribution < 1.29 is 4.79 Å². The molecule has 4 nitrogen and oxygen atoms in total. The molecule has 2 aromatic rings. The summed E-state index contributed by atoms with van der Waals surface area (Å²) in [5.74, 6) is 1.40. The monoisotopic (exact) mass is 311 g/mol. The molecule has 1 saturated heterocycles. The standard InChI is InChI=1S/C19H25N3O/c23-19(16-5-1-2-6-16)21-11-9-15(10-12-21)13-22-14-20-17-7-3-4-8-18(17)22/h3-4,7-8,14-16H,1-2,5-6,9-13H2. The molecule has 1 amide bonds. The fourth-order valence-electron chi connectivity index (χ4n) is 4.20. The molecule has 0 N–H and O–H groups in total. The highest BCUT2D eigenvalue weighted by Gasteiger charge is 2.30. The van der Waals surface area contributed by atoms with Crippen LogP contribution in [0.4, 0.5) is 0 Å². The molecular weight excluding hydrogens is 286 g/mol. The summed E-state index contributed by atoms with van der Waals surface area (Å²) in [6.45, 7) is 2.89. The molecule has 2 heterocycles. The number of imidazole rings is 1. The second kappa shape index (κ2) is 6.34. The van der Waals surface area contributed by atoms with E-state index in [4.69, 9.17) is 0 Å². The lowest BCUT2D eigenvalue weighted by Gasteiger charge is -2.33. The highest BCUT2D eigenvalue weighted by molar-refractivity contribution is 5.79. The average molecular weight is 311 g/mol. The normalized spacial score (nSPS) is 20.4. The predicted octanol–water partition coefficient (Wildman–Crippen LogP) is 3.47. The first kappa shape index (κ1) is 14.7. The van der Waals surface area contributed by atoms with E-state index in [9.17, 15) is 4.79 Å². The average Bonchev–Trinajstić information content (AvgIpc) is 3.25. The van der Waals surface area contributed by atoms with Gasteiger partial charge in [-0.25, -0.2) is 4.98 Å². The number of nitrogens with zero attached hydrogens (tertiary/aromatic N) is 3. The summed E-state index contributed by atoms with van der Waals surface area (Å²) in [6.07, 6.45) is 8.89. The van der Waals surface area contributed by atoms with Crippen LogP contribution < -0.4 is 0 Å². The van der Waals surface area contributed by atoms with E-state index in [1.165, 1.54) is 18.4 Å². The molecule has 1 aromatic carbocycles. The molecule has 0 radical (unpaired) electrons. The van der Waals surface area contributed by atoms with Crippen LogP contribution in [0.15, 0.2) is 30.6 Å². The van der Waals surface area contributed by atoms with Crippen LogP contribution in [0.25, 0.3) is 11.0 Å². The molecule has 4 heteroatoms. The molecule has 0 bridgehead atoms. The van der Waals surface area contributed by atoms with Gasteiger partial charge in [-0.15, -0.1) is 0 Å². The molecule has 1 aliphatic carbocycles. The zero-order valence-corrected chi connectivity index (χ0v) is 13.7. The summed E-state index contributed by atoms with van der Waals surface area (Å²) in [7, 11) is 0. The highest BCUT2D eigenvalue weighted by atomic mass is 16.2. The zero-order valence-electron chi connectivity index (χ0n) is 13.7. The lowest BCUT2D eigenvalue weighted by Crippen LogP contribution is -2.41. The first-order valence-electron chi connectivity index (χ1n) is 9.00. The van der Waals surface area contributed by atoms with Crippen LogP contribution in [0.5, 0.6) is 0 Å². The molecule has 0 spiro atoms. The number of aromatic nitrogens is 2. The third-order valence-corrected chi connectivity index (χ3v) is 5.61. The van der Waals surface area contributed by atoms with Crippen molar-refractivity contribution in [2.75, 3.05) is 13.1 Å². The molecule has 1 saturated carbocycles. The van der Waals surface area contributed by atoms with E-state index in [1.807, 2.05) is 12.4 Å². The van der Waals surface area contributed by atoms with E-state index in [0.29, 0.717) is 17.7 Å². The van der Waals surface area contributed by atoms with E-state index in [1.54, 1.807) is 0 Å². The van der Waals surface area contributed by atoms with Gasteiger partial charge in [-0.2, -0.15) is 0 Å². The third kappa shape index (κ3) is 2.99. The van der Waals surface area contributed by atoms with Gasteiger partial charge in [0.2, 0.25) is 5.91 Å². The molecule has 23 heavy (non-hydrogen) atoms. The van der Waals surface area contributed by atoms with Crippen LogP contribution in [0.2, 0.25) is 0 Å². The Hall–Kier alpha value is -1.84. The summed E-state index contributed by atoms with van der Waals surface area (Å²) < 4.78 is 2.27. The molecule has 4 rings (SSSR count). The lowest BCUT2D eigenvalue weighted by molar-refractivity contribution is -0.136. The molecule has 2 fully saturated rings. The van der Waals surface area contributed by atoms with E-state index in [-0.39, 0.29) is 0 Å². The highest BCUT2D eigenvalue weighted by Crippen LogP contribution is 2.29. The van der Waals surface area contributed by atoms with Gasteiger partial charge >= 0.3 is 0 Å². The fourth-order valence-corrected chi connectivity index (χ4v) is 4.20. The smallest absolute Gasteiger partial charge is 0.225 e. The van der Waals surface area contributed by atoms with Gasteiger partial charge in [0, 0.05) is 25.6 Å². The van der Waals surface area contributed by atoms with Crippen LogP contribution in [-0.4, -0.2) is 33.4 Å². The van der Waals surface area contributed by atoms with E-state index in [0.717, 1.165) is 50.8 Å². The summed E-state index contributed by atoms with van der Waals surface area (Å²) in [5, 5.41) is 0. The van der Waals surface area contributed by atoms with E-state index < -0.39 is 0 Å². The van der Waals surface area contributed by atoms with Gasteiger partial charge in [0.15, 0.2) is 0 Å². The Balaban J connectivity index is 1.35. The lowest BCUT2D eigenvalue weighted by atomic mass is 9.95. The number of amides is 1. The Kier molecular flexibility index (Phi) is 4.06. The van der Waals surface area contributed by atoms with E-state index >= 15 is 0 Å². The quantitative estimate of drug-likeness (QED) is 0.870. The summed E-state index contributed by atoms with van der Waals surface area (Å²) >= 11 is 0. The Labute approximate surface area is 137 Å². The second-order valence-corrected chi connectivity index (χ2v) is 7.14. The number of hydrogen-bond donors (Lipinski definition) is 0. The van der Waals surface area contributed by atoms with Crippen LogP contribution in [0.3, 0.4) is 0 Å². The first-order chi connectivity index (χ1) is 11.3. The number of benzene rings is 1. The predicted molar refractivity (Wildman–Crippen MR) is 91.0 cm³/mol. The van der Waals surface area contributed by atoms with Crippen molar-refractivity contribution in [3.8, 4) is 0 Å². The van der Waals surface area contributed by atoms with Crippen molar-refractivity contribution in [1.82, 2.24) is 14.5 Å². The van der Waals surface area contributed by atoms with Crippen molar-refractivity contribution >= 4 is 16.9 Å². The number of fused-ring (bicyclic) bond motifs is 1. The topological polar surface area (TPSA) is 38.1 Å². The number of carbonyl (C=O) groups is 1. The summed E-state index contributed by atoms with van der Waals surface area (Å²) in [5.41, 5.74) is 2.29. The summed E-state index contributed by atoms with van der Waals surface area (Å²) in [4.78, 5) is 19.1. The molecule has 0 unspecified atom stereocenters. The fraction of sp³-hybridized carbons (Fsp3) is 0.579. The molecule has 1 aromatic heterocycles. The molecule has 2 aliphatic rings. The number of para-hydroxylation sites is 2. The number of carbonyl (C=O) groups excluding carboxylic acids is 1. The second-order valence-electron chi connectivity index (χ2n) is 7.14. The first-order valence-corrected chi connectivity index (χ1v) is 9.00. The number of piperidine rings is 1. The van der Waals surface area contributed by atoms with Crippen molar-refractivity contribution in [1.29, 1.82) is 0 Å². The Bertz CT molecular complexity index is 679. The Morgan fingerprint density at radius 1 is 1.09 bits per heavy atom. The van der Waals surface area contributed by atoms with Gasteiger partial charge in [-0.1, -0.05) is 25.0 Å². The SMILES string of the molecule is O=C(C1CCCC1)N1CCC(Cn2cnc3ccccc32)CC1. The van der Waals surface area contributed by atoms with Crippen molar-refractivity contribution in [2.24, 2.45) is 11.8 Å². The number of rotatable bonds is 3. The summed E-state index contributed by atoms with van der Waals surface area (Å²) in [6, 6.07) is 8.31. The molecular formula is C19H25N3O. The van der Waals surface area contributed by atoms with Crippen molar-refractivity contribution in [2.45, 2.75) is 45.1 Å². The largest absolute Gasteiger partial charge is 0.342 e. The zero-order chi connectivity index (χ0) is 15.6. The molecule has 122 valence electrons. The maximum atomic E-state index is 12.5. The molecule has 0 atom stereocenters. The minimum absolute atomic E-state index is 0.323. The van der Waals surface area contributed by atoms with Gasteiger partial charge < -0.3 is 9.47 Å². The Morgan fingerprint density at radius 3 is 2.61 bits per heavy atom. The maximum absolute atomic E-state index is 12.5. The van der Waals surface area contributed by atoms with Crippen LogP contribution in [-0.2, 0) is 11.3 Å². The maximum Gasteiger partial charge on any atom is 0.225 e. The van der Waals surface area contributed by atoms with Gasteiger partial charge in [0.05, 0.1) is 17.4 Å². The van der Waals surface area contributed by atoms with Gasteiger partial charge in [0.1, 0.15) is 0 Å². The van der Waals surface area contributed by atoms with Gasteiger partial charge in [0.25, 0.3) is 0 Å². The number of likely N-dealkylation sites (tertiary alicyclic amines) is 1. The van der Waals surface area contributed by atoms with Gasteiger partial charge in [-0.05, 0) is 43.7 Å². The molecule has 1 aliphatic heterocycles. The minimum atomic E-state index is 0.323. The third-order valence-electron chi connectivity index (χ3n) is 5.61. The van der Waals surface area contributed by atoms with Crippen LogP contribution in [0.1, 0.15) is 38.5 Å². The van der Waals surface area contributed by atoms with Crippen LogP contribution >= 0.6 is 0 Å². The van der Waals surface area contributed by atoms with Gasteiger partial charge in [-0.3, -0.25) is 4.79 Å². The Morgan fingerprint density at radius 2 is 1.83 bits per heavy atom.